The molecule has 1 amide bonds. The number of carboxylic acids is 1. The summed E-state index contributed by atoms with van der Waals surface area (Å²) in [6.07, 6.45) is 4.38. The third kappa shape index (κ3) is 3.54. The molecule has 0 bridgehead atoms. The lowest BCUT2D eigenvalue weighted by molar-refractivity contribution is -0.313. The molecule has 1 aliphatic rings. The van der Waals surface area contributed by atoms with Gasteiger partial charge in [-0.1, -0.05) is 24.3 Å². The fourth-order valence-corrected chi connectivity index (χ4v) is 3.44. The van der Waals surface area contributed by atoms with Gasteiger partial charge in [0.2, 0.25) is 5.91 Å². The SMILES string of the molecule is Cc1nc(-c2ccc(NC(=O)[C@@H]3CC=CC[C@@H]3C(=O)[O-])cc2)cs1. The van der Waals surface area contributed by atoms with E-state index in [1.165, 1.54) is 0 Å². The number of nitrogens with zero attached hydrogens (tertiary/aromatic N) is 1. The van der Waals surface area contributed by atoms with Crippen molar-refractivity contribution in [2.24, 2.45) is 11.8 Å². The lowest BCUT2D eigenvalue weighted by Crippen LogP contribution is -2.41. The number of anilines is 1. The van der Waals surface area contributed by atoms with E-state index in [1.54, 1.807) is 29.5 Å². The van der Waals surface area contributed by atoms with E-state index in [0.717, 1.165) is 16.3 Å². The van der Waals surface area contributed by atoms with Gasteiger partial charge in [0.05, 0.1) is 16.6 Å². The fraction of sp³-hybridized carbons (Fsp3) is 0.278. The Morgan fingerprint density at radius 2 is 1.83 bits per heavy atom. The number of carbonyl (C=O) groups is 2. The number of aliphatic carboxylic acids is 1. The minimum atomic E-state index is -1.17. The van der Waals surface area contributed by atoms with Gasteiger partial charge in [0.1, 0.15) is 0 Å². The Bertz CT molecular complexity index is 780. The molecule has 3 rings (SSSR count). The Morgan fingerprint density at radius 3 is 2.42 bits per heavy atom. The highest BCUT2D eigenvalue weighted by molar-refractivity contribution is 7.09. The summed E-state index contributed by atoms with van der Waals surface area (Å²) in [5.41, 5.74) is 2.53. The van der Waals surface area contributed by atoms with Crippen LogP contribution in [0.25, 0.3) is 11.3 Å². The monoisotopic (exact) mass is 341 g/mol. The first-order valence-corrected chi connectivity index (χ1v) is 8.62. The number of allylic oxidation sites excluding steroid dienone is 2. The maximum Gasteiger partial charge on any atom is 0.228 e. The van der Waals surface area contributed by atoms with Crippen LogP contribution in [-0.2, 0) is 9.59 Å². The van der Waals surface area contributed by atoms with Crippen LogP contribution >= 0.6 is 11.3 Å². The molecule has 0 aliphatic heterocycles. The minimum Gasteiger partial charge on any atom is -0.550 e. The molecule has 0 unspecified atom stereocenters. The van der Waals surface area contributed by atoms with Crippen molar-refractivity contribution in [3.8, 4) is 11.3 Å². The number of carboxylic acid groups (broad SMARTS) is 1. The van der Waals surface area contributed by atoms with Crippen molar-refractivity contribution in [1.29, 1.82) is 0 Å². The van der Waals surface area contributed by atoms with E-state index in [9.17, 15) is 14.7 Å². The predicted octanol–water partition coefficient (Wildman–Crippen LogP) is 2.39. The molecule has 1 aromatic heterocycles. The Kier molecular flexibility index (Phi) is 4.76. The number of rotatable bonds is 4. The second-order valence-electron chi connectivity index (χ2n) is 5.79. The van der Waals surface area contributed by atoms with Gasteiger partial charge in [-0.15, -0.1) is 11.3 Å². The van der Waals surface area contributed by atoms with Crippen LogP contribution in [0.1, 0.15) is 17.8 Å². The average molecular weight is 341 g/mol. The number of thiazole rings is 1. The first kappa shape index (κ1) is 16.4. The van der Waals surface area contributed by atoms with Gasteiger partial charge in [-0.2, -0.15) is 0 Å². The second-order valence-corrected chi connectivity index (χ2v) is 6.86. The third-order valence-electron chi connectivity index (χ3n) is 4.14. The average Bonchev–Trinajstić information content (AvgIpc) is 3.02. The van der Waals surface area contributed by atoms with Crippen molar-refractivity contribution in [3.05, 3.63) is 46.8 Å². The zero-order chi connectivity index (χ0) is 17.1. The summed E-state index contributed by atoms with van der Waals surface area (Å²) in [6, 6.07) is 7.38. The van der Waals surface area contributed by atoms with Gasteiger partial charge in [0.15, 0.2) is 0 Å². The Balaban J connectivity index is 1.70. The number of hydrogen-bond donors (Lipinski definition) is 1. The van der Waals surface area contributed by atoms with E-state index in [1.807, 2.05) is 30.5 Å². The maximum absolute atomic E-state index is 12.4. The number of carbonyl (C=O) groups excluding carboxylic acids is 2. The molecule has 1 aromatic carbocycles. The fourth-order valence-electron chi connectivity index (χ4n) is 2.82. The predicted molar refractivity (Wildman–Crippen MR) is 91.3 cm³/mol. The van der Waals surface area contributed by atoms with Crippen molar-refractivity contribution in [2.45, 2.75) is 19.8 Å². The molecular weight excluding hydrogens is 324 g/mol. The van der Waals surface area contributed by atoms with Crippen LogP contribution in [0.3, 0.4) is 0 Å². The Morgan fingerprint density at radius 1 is 1.17 bits per heavy atom. The van der Waals surface area contributed by atoms with E-state index >= 15 is 0 Å². The van der Waals surface area contributed by atoms with Crippen molar-refractivity contribution in [1.82, 2.24) is 4.98 Å². The normalized spacial score (nSPS) is 19.9. The molecule has 124 valence electrons. The van der Waals surface area contributed by atoms with E-state index in [2.05, 4.69) is 10.3 Å². The molecule has 2 aromatic rings. The van der Waals surface area contributed by atoms with E-state index in [0.29, 0.717) is 18.5 Å². The summed E-state index contributed by atoms with van der Waals surface area (Å²) in [5.74, 6) is -2.83. The summed E-state index contributed by atoms with van der Waals surface area (Å²) in [7, 11) is 0. The summed E-state index contributed by atoms with van der Waals surface area (Å²) in [5, 5.41) is 17.0. The van der Waals surface area contributed by atoms with E-state index in [4.69, 9.17) is 0 Å². The van der Waals surface area contributed by atoms with Gasteiger partial charge in [-0.05, 0) is 31.9 Å². The standard InChI is InChI=1S/C18H18N2O3S/c1-11-19-16(10-24-11)12-6-8-13(9-7-12)20-17(21)14-4-2-3-5-15(14)18(22)23/h2-3,6-10,14-15H,4-5H2,1H3,(H,20,21)(H,22,23)/p-1/t14-,15+/m1/s1. The zero-order valence-electron chi connectivity index (χ0n) is 13.2. The lowest BCUT2D eigenvalue weighted by atomic mass is 9.82. The number of nitrogens with one attached hydrogen (secondary N) is 1. The smallest absolute Gasteiger partial charge is 0.228 e. The highest BCUT2D eigenvalue weighted by Crippen LogP contribution is 2.27. The van der Waals surface area contributed by atoms with Crippen LogP contribution in [0.2, 0.25) is 0 Å². The van der Waals surface area contributed by atoms with Crippen molar-refractivity contribution in [3.63, 3.8) is 0 Å². The van der Waals surface area contributed by atoms with Crippen LogP contribution in [0.5, 0.6) is 0 Å². The summed E-state index contributed by atoms with van der Waals surface area (Å²) < 4.78 is 0. The quantitative estimate of drug-likeness (QED) is 0.866. The largest absolute Gasteiger partial charge is 0.550 e. The van der Waals surface area contributed by atoms with Crippen molar-refractivity contribution < 1.29 is 14.7 Å². The Labute approximate surface area is 144 Å². The molecular formula is C18H17N2O3S-. The molecule has 0 saturated carbocycles. The molecule has 5 nitrogen and oxygen atoms in total. The van der Waals surface area contributed by atoms with Crippen molar-refractivity contribution >= 4 is 28.9 Å². The van der Waals surface area contributed by atoms with Crippen LogP contribution in [0.4, 0.5) is 5.69 Å². The zero-order valence-corrected chi connectivity index (χ0v) is 14.0. The van der Waals surface area contributed by atoms with E-state index in [-0.39, 0.29) is 5.91 Å². The van der Waals surface area contributed by atoms with Crippen LogP contribution in [-0.4, -0.2) is 16.9 Å². The summed E-state index contributed by atoms with van der Waals surface area (Å²) >= 11 is 1.59. The number of hydrogen-bond acceptors (Lipinski definition) is 5. The molecule has 0 spiro atoms. The van der Waals surface area contributed by atoms with Gasteiger partial charge < -0.3 is 15.2 Å². The minimum absolute atomic E-state index is 0.286. The topological polar surface area (TPSA) is 82.1 Å². The molecule has 1 heterocycles. The molecule has 6 heteroatoms. The second kappa shape index (κ2) is 6.97. The number of amides is 1. The van der Waals surface area contributed by atoms with E-state index < -0.39 is 17.8 Å². The highest BCUT2D eigenvalue weighted by atomic mass is 32.1. The molecule has 0 radical (unpaired) electrons. The summed E-state index contributed by atoms with van der Waals surface area (Å²) in [4.78, 5) is 28.0. The van der Waals surface area contributed by atoms with Gasteiger partial charge >= 0.3 is 0 Å². The molecule has 1 N–H and O–H groups in total. The maximum atomic E-state index is 12.4. The molecule has 0 saturated heterocycles. The van der Waals surface area contributed by atoms with Crippen LogP contribution in [0, 0.1) is 18.8 Å². The number of aromatic nitrogens is 1. The van der Waals surface area contributed by atoms with Gasteiger partial charge in [-0.25, -0.2) is 4.98 Å². The van der Waals surface area contributed by atoms with Gasteiger partial charge in [0, 0.05) is 28.5 Å². The van der Waals surface area contributed by atoms with Crippen LogP contribution < -0.4 is 10.4 Å². The number of benzene rings is 1. The van der Waals surface area contributed by atoms with Gasteiger partial charge in [0.25, 0.3) is 0 Å². The summed E-state index contributed by atoms with van der Waals surface area (Å²) in [6.45, 7) is 1.95. The Hall–Kier alpha value is -2.47. The molecule has 2 atom stereocenters. The van der Waals surface area contributed by atoms with Gasteiger partial charge in [-0.3, -0.25) is 4.79 Å². The van der Waals surface area contributed by atoms with Crippen molar-refractivity contribution in [2.75, 3.05) is 5.32 Å². The lowest BCUT2D eigenvalue weighted by Gasteiger charge is -2.28. The highest BCUT2D eigenvalue weighted by Gasteiger charge is 2.29. The first-order chi connectivity index (χ1) is 11.5. The molecule has 1 aliphatic carbocycles. The van der Waals surface area contributed by atoms with Crippen LogP contribution in [0.15, 0.2) is 41.8 Å². The number of aryl methyl sites for hydroxylation is 1. The molecule has 24 heavy (non-hydrogen) atoms. The third-order valence-corrected chi connectivity index (χ3v) is 4.91. The first-order valence-electron chi connectivity index (χ1n) is 7.74. The molecule has 0 fully saturated rings.